The molecule has 1 unspecified atom stereocenters. The quantitative estimate of drug-likeness (QED) is 0.130. The maximum atomic E-state index is 13.2. The largest absolute Gasteiger partial charge is 0.490 e. The van der Waals surface area contributed by atoms with E-state index in [4.69, 9.17) is 52.3 Å². The van der Waals surface area contributed by atoms with Crippen LogP contribution in [0.1, 0.15) is 51.2 Å². The second-order valence-electron chi connectivity index (χ2n) is 10.7. The molecule has 0 radical (unpaired) electrons. The minimum Gasteiger partial charge on any atom is -0.490 e. The van der Waals surface area contributed by atoms with E-state index in [1.807, 2.05) is 38.1 Å². The fraction of sp³-hybridized carbons (Fsp3) is 0.167. The molecule has 0 saturated heterocycles. The first kappa shape index (κ1) is 30.9. The van der Waals surface area contributed by atoms with Gasteiger partial charge < -0.3 is 29.1 Å². The van der Waals surface area contributed by atoms with Crippen molar-refractivity contribution in [1.29, 1.82) is 5.26 Å². The van der Waals surface area contributed by atoms with Crippen molar-refractivity contribution in [3.05, 3.63) is 128 Å². The lowest BCUT2D eigenvalue weighted by atomic mass is 9.83. The van der Waals surface area contributed by atoms with Crippen molar-refractivity contribution in [2.75, 3.05) is 6.61 Å². The second-order valence-corrected chi connectivity index (χ2v) is 11.6. The van der Waals surface area contributed by atoms with Crippen LogP contribution in [-0.4, -0.2) is 12.6 Å². The molecule has 1 atom stereocenters. The Morgan fingerprint density at radius 2 is 1.76 bits per heavy atom. The van der Waals surface area contributed by atoms with Crippen LogP contribution in [-0.2, 0) is 6.61 Å². The number of carbonyl (C=O) groups is 1. The molecule has 8 nitrogen and oxygen atoms in total. The highest BCUT2D eigenvalue weighted by Crippen LogP contribution is 2.45. The van der Waals surface area contributed by atoms with E-state index >= 15 is 0 Å². The molecule has 10 heteroatoms. The number of allylic oxidation sites excluding steroid dienone is 1. The molecule has 1 aliphatic rings. The molecule has 232 valence electrons. The minimum absolute atomic E-state index is 0.0510. The summed E-state index contributed by atoms with van der Waals surface area (Å²) < 4.78 is 29.4. The summed E-state index contributed by atoms with van der Waals surface area (Å²) in [6, 6.07) is 23.6. The third kappa shape index (κ3) is 5.95. The molecule has 2 N–H and O–H groups in total. The molecular formula is C36H28Cl2N2O6. The number of furan rings is 1. The van der Waals surface area contributed by atoms with Crippen LogP contribution in [0.2, 0.25) is 10.0 Å². The Balaban J connectivity index is 1.29. The van der Waals surface area contributed by atoms with Gasteiger partial charge in [-0.3, -0.25) is 0 Å². The van der Waals surface area contributed by atoms with Gasteiger partial charge in [-0.05, 0) is 79.9 Å². The van der Waals surface area contributed by atoms with E-state index in [2.05, 4.69) is 6.07 Å². The van der Waals surface area contributed by atoms with Crippen molar-refractivity contribution in [3.63, 3.8) is 0 Å². The van der Waals surface area contributed by atoms with Crippen molar-refractivity contribution in [3.8, 4) is 29.1 Å². The molecule has 0 spiro atoms. The Kier molecular flexibility index (Phi) is 8.55. The average Bonchev–Trinajstić information content (AvgIpc) is 3.35. The summed E-state index contributed by atoms with van der Waals surface area (Å²) in [5, 5.41) is 12.0. The topological polar surface area (TPSA) is 117 Å². The molecule has 1 aliphatic heterocycles. The molecule has 4 aromatic carbocycles. The molecular weight excluding hydrogens is 627 g/mol. The van der Waals surface area contributed by atoms with Crippen LogP contribution in [0.3, 0.4) is 0 Å². The fourth-order valence-electron chi connectivity index (χ4n) is 5.37. The molecule has 0 bridgehead atoms. The number of esters is 1. The molecule has 6 rings (SSSR count). The maximum Gasteiger partial charge on any atom is 0.379 e. The van der Waals surface area contributed by atoms with E-state index in [9.17, 15) is 10.1 Å². The van der Waals surface area contributed by atoms with E-state index in [1.165, 1.54) is 0 Å². The smallest absolute Gasteiger partial charge is 0.379 e. The van der Waals surface area contributed by atoms with Crippen LogP contribution in [0.25, 0.3) is 11.0 Å². The van der Waals surface area contributed by atoms with Gasteiger partial charge in [-0.25, -0.2) is 4.79 Å². The number of rotatable bonds is 8. The van der Waals surface area contributed by atoms with E-state index in [1.54, 1.807) is 55.5 Å². The summed E-state index contributed by atoms with van der Waals surface area (Å²) in [5.74, 6) is 0.388. The van der Waals surface area contributed by atoms with Gasteiger partial charge in [0.15, 0.2) is 11.5 Å². The predicted molar refractivity (Wildman–Crippen MR) is 175 cm³/mol. The predicted octanol–water partition coefficient (Wildman–Crippen LogP) is 8.77. The summed E-state index contributed by atoms with van der Waals surface area (Å²) in [5.41, 5.74) is 10.8. The maximum absolute atomic E-state index is 13.2. The Morgan fingerprint density at radius 3 is 2.50 bits per heavy atom. The summed E-state index contributed by atoms with van der Waals surface area (Å²) in [7, 11) is 0. The van der Waals surface area contributed by atoms with Crippen molar-refractivity contribution >= 4 is 40.1 Å². The van der Waals surface area contributed by atoms with Gasteiger partial charge in [-0.1, -0.05) is 47.5 Å². The molecule has 0 aliphatic carbocycles. The summed E-state index contributed by atoms with van der Waals surface area (Å²) >= 11 is 12.3. The van der Waals surface area contributed by atoms with E-state index < -0.39 is 11.9 Å². The third-order valence-corrected chi connectivity index (χ3v) is 8.37. The third-order valence-electron chi connectivity index (χ3n) is 7.71. The molecule has 0 amide bonds. The van der Waals surface area contributed by atoms with Gasteiger partial charge in [-0.15, -0.1) is 0 Å². The van der Waals surface area contributed by atoms with Gasteiger partial charge >= 0.3 is 5.97 Å². The number of fused-ring (bicyclic) bond motifs is 2. The van der Waals surface area contributed by atoms with Crippen LogP contribution in [0, 0.1) is 25.2 Å². The normalized spacial score (nSPS) is 14.0. The van der Waals surface area contributed by atoms with Crippen molar-refractivity contribution in [2.45, 2.75) is 33.3 Å². The number of carbonyl (C=O) groups excluding carboxylic acids is 1. The van der Waals surface area contributed by atoms with Crippen molar-refractivity contribution in [2.24, 2.45) is 5.73 Å². The van der Waals surface area contributed by atoms with Gasteiger partial charge in [-0.2, -0.15) is 5.26 Å². The zero-order valence-electron chi connectivity index (χ0n) is 25.1. The lowest BCUT2D eigenvalue weighted by molar-refractivity contribution is 0.0702. The number of aryl methyl sites for hydroxylation is 2. The zero-order chi connectivity index (χ0) is 32.5. The zero-order valence-corrected chi connectivity index (χ0v) is 26.7. The molecule has 2 heterocycles. The Morgan fingerprint density at radius 1 is 0.978 bits per heavy atom. The van der Waals surface area contributed by atoms with E-state index in [0.29, 0.717) is 57.2 Å². The first-order valence-electron chi connectivity index (χ1n) is 14.4. The highest BCUT2D eigenvalue weighted by Gasteiger charge is 2.32. The number of nitrogens with zero attached hydrogens (tertiary/aromatic N) is 1. The summed E-state index contributed by atoms with van der Waals surface area (Å²) in [6.07, 6.45) is 0. The molecule has 0 saturated carbocycles. The monoisotopic (exact) mass is 654 g/mol. The standard InChI is InChI=1S/C36H28Cl2N2O6/c1-4-42-32-14-22(7-12-29(32)43-18-21-5-8-23(37)9-6-21)33-25-11-10-24(15-31(25)46-35(40)27(33)17-39)44-36(41)34-20(3)26-16-28(38)19(2)13-30(26)45-34/h5-16,33H,4,18,40H2,1-3H3. The number of hydrogen-bond donors (Lipinski definition) is 1. The van der Waals surface area contributed by atoms with Gasteiger partial charge in [0.1, 0.15) is 35.3 Å². The Labute approximate surface area is 275 Å². The minimum atomic E-state index is -0.674. The molecule has 0 fully saturated rings. The SMILES string of the molecule is CCOc1cc(C2C(C#N)=C(N)Oc3cc(OC(=O)c4oc5cc(C)c(Cl)cc5c4C)ccc32)ccc1OCc1ccc(Cl)cc1. The Hall–Kier alpha value is -5.10. The van der Waals surface area contributed by atoms with Gasteiger partial charge in [0.25, 0.3) is 0 Å². The van der Waals surface area contributed by atoms with Crippen LogP contribution in [0.15, 0.2) is 88.7 Å². The summed E-state index contributed by atoms with van der Waals surface area (Å²) in [4.78, 5) is 13.2. The number of hydrogen-bond acceptors (Lipinski definition) is 8. The Bertz CT molecular complexity index is 2060. The number of benzene rings is 4. The van der Waals surface area contributed by atoms with Gasteiger partial charge in [0, 0.05) is 32.6 Å². The molecule has 46 heavy (non-hydrogen) atoms. The van der Waals surface area contributed by atoms with Crippen molar-refractivity contribution < 1.29 is 28.2 Å². The summed E-state index contributed by atoms with van der Waals surface area (Å²) in [6.45, 7) is 6.23. The van der Waals surface area contributed by atoms with Crippen LogP contribution < -0.4 is 24.7 Å². The van der Waals surface area contributed by atoms with Crippen molar-refractivity contribution in [1.82, 2.24) is 0 Å². The number of ether oxygens (including phenoxy) is 4. The van der Waals surface area contributed by atoms with Crippen LogP contribution in [0.4, 0.5) is 0 Å². The lowest BCUT2D eigenvalue weighted by Crippen LogP contribution is -2.21. The van der Waals surface area contributed by atoms with Gasteiger partial charge in [0.05, 0.1) is 12.5 Å². The average molecular weight is 656 g/mol. The highest BCUT2D eigenvalue weighted by molar-refractivity contribution is 6.32. The van der Waals surface area contributed by atoms with E-state index in [-0.39, 0.29) is 23.0 Å². The van der Waals surface area contributed by atoms with Crippen LogP contribution >= 0.6 is 23.2 Å². The second kappa shape index (κ2) is 12.7. The molecule has 5 aromatic rings. The fourth-order valence-corrected chi connectivity index (χ4v) is 5.65. The lowest BCUT2D eigenvalue weighted by Gasteiger charge is -2.27. The van der Waals surface area contributed by atoms with E-state index in [0.717, 1.165) is 22.1 Å². The number of nitriles is 1. The number of halogens is 2. The first-order valence-corrected chi connectivity index (χ1v) is 15.2. The highest BCUT2D eigenvalue weighted by atomic mass is 35.5. The van der Waals surface area contributed by atoms with Crippen LogP contribution in [0.5, 0.6) is 23.0 Å². The number of nitrogens with two attached hydrogens (primary N) is 1. The molecule has 1 aromatic heterocycles. The van der Waals surface area contributed by atoms with Gasteiger partial charge in [0.2, 0.25) is 11.6 Å². The first-order chi connectivity index (χ1) is 22.2.